The Morgan fingerprint density at radius 3 is 2.64 bits per heavy atom. The zero-order chi connectivity index (χ0) is 15.7. The molecule has 0 spiro atoms. The molecular weight excluding hydrogens is 294 g/mol. The first-order chi connectivity index (χ1) is 10.5. The van der Waals surface area contributed by atoms with Gasteiger partial charge in [-0.2, -0.15) is 0 Å². The molecule has 3 nitrogen and oxygen atoms in total. The Balaban J connectivity index is 1.93. The number of aryl methyl sites for hydroxylation is 3. The van der Waals surface area contributed by atoms with E-state index in [0.717, 1.165) is 36.0 Å². The highest BCUT2D eigenvalue weighted by molar-refractivity contribution is 7.89. The fourth-order valence-corrected chi connectivity index (χ4v) is 4.70. The van der Waals surface area contributed by atoms with Gasteiger partial charge in [-0.25, -0.2) is 13.1 Å². The molecule has 1 aliphatic rings. The second kappa shape index (κ2) is 5.86. The lowest BCUT2D eigenvalue weighted by molar-refractivity contribution is 0.507. The minimum absolute atomic E-state index is 0.129. The van der Waals surface area contributed by atoms with Crippen LogP contribution in [0.2, 0.25) is 0 Å². The molecule has 0 aliphatic heterocycles. The molecule has 0 saturated carbocycles. The highest BCUT2D eigenvalue weighted by Crippen LogP contribution is 2.31. The summed E-state index contributed by atoms with van der Waals surface area (Å²) in [5.41, 5.74) is 4.22. The number of sulfonamides is 1. The van der Waals surface area contributed by atoms with E-state index in [-0.39, 0.29) is 6.04 Å². The van der Waals surface area contributed by atoms with Crippen LogP contribution in [0.4, 0.5) is 0 Å². The zero-order valence-corrected chi connectivity index (χ0v) is 13.8. The Morgan fingerprint density at radius 1 is 1.09 bits per heavy atom. The lowest BCUT2D eigenvalue weighted by Crippen LogP contribution is -2.31. The van der Waals surface area contributed by atoms with Gasteiger partial charge in [-0.15, -0.1) is 0 Å². The molecule has 1 unspecified atom stereocenters. The van der Waals surface area contributed by atoms with Gasteiger partial charge in [0.05, 0.1) is 4.90 Å². The van der Waals surface area contributed by atoms with E-state index in [2.05, 4.69) is 10.8 Å². The summed E-state index contributed by atoms with van der Waals surface area (Å²) in [5, 5.41) is 0. The highest BCUT2D eigenvalue weighted by Gasteiger charge is 2.26. The van der Waals surface area contributed by atoms with Gasteiger partial charge in [0.15, 0.2) is 0 Å². The summed E-state index contributed by atoms with van der Waals surface area (Å²) in [4.78, 5) is 0.376. The van der Waals surface area contributed by atoms with Crippen molar-refractivity contribution in [3.63, 3.8) is 0 Å². The van der Waals surface area contributed by atoms with Crippen molar-refractivity contribution in [1.82, 2.24) is 4.72 Å². The minimum Gasteiger partial charge on any atom is -0.207 e. The molecule has 0 bridgehead atoms. The quantitative estimate of drug-likeness (QED) is 0.939. The van der Waals surface area contributed by atoms with Crippen molar-refractivity contribution in [1.29, 1.82) is 0 Å². The van der Waals surface area contributed by atoms with Gasteiger partial charge in [-0.05, 0) is 55.9 Å². The molecule has 3 rings (SSSR count). The van der Waals surface area contributed by atoms with Crippen LogP contribution in [0.15, 0.2) is 47.4 Å². The molecule has 0 fully saturated rings. The number of fused-ring (bicyclic) bond motifs is 1. The van der Waals surface area contributed by atoms with Crippen molar-refractivity contribution in [3.05, 3.63) is 64.7 Å². The van der Waals surface area contributed by atoms with E-state index in [1.54, 1.807) is 6.07 Å². The van der Waals surface area contributed by atoms with Crippen molar-refractivity contribution >= 4 is 10.0 Å². The van der Waals surface area contributed by atoms with Gasteiger partial charge in [0.1, 0.15) is 0 Å². The Morgan fingerprint density at radius 2 is 1.86 bits per heavy atom. The predicted octanol–water partition coefficient (Wildman–Crippen LogP) is 3.66. The summed E-state index contributed by atoms with van der Waals surface area (Å²) in [6.07, 6.45) is 2.89. The van der Waals surface area contributed by atoms with Crippen molar-refractivity contribution in [2.24, 2.45) is 0 Å². The lowest BCUT2D eigenvalue weighted by atomic mass is 9.88. The second-order valence-corrected chi connectivity index (χ2v) is 7.72. The summed E-state index contributed by atoms with van der Waals surface area (Å²) in [6, 6.07) is 13.4. The molecule has 4 heteroatoms. The third-order valence-corrected chi connectivity index (χ3v) is 5.92. The van der Waals surface area contributed by atoms with Crippen LogP contribution in [-0.2, 0) is 16.4 Å². The monoisotopic (exact) mass is 315 g/mol. The van der Waals surface area contributed by atoms with E-state index >= 15 is 0 Å². The van der Waals surface area contributed by atoms with Crippen molar-refractivity contribution < 1.29 is 8.42 Å². The zero-order valence-electron chi connectivity index (χ0n) is 13.0. The molecule has 22 heavy (non-hydrogen) atoms. The maximum atomic E-state index is 12.7. The smallest absolute Gasteiger partial charge is 0.207 e. The maximum Gasteiger partial charge on any atom is 0.241 e. The Bertz CT molecular complexity index is 796. The van der Waals surface area contributed by atoms with Gasteiger partial charge in [-0.1, -0.05) is 42.0 Å². The summed E-state index contributed by atoms with van der Waals surface area (Å²) in [7, 11) is -3.50. The molecule has 1 atom stereocenters. The SMILES string of the molecule is Cc1ccc(S(=O)(=O)NC2CCCc3ccccc32)c(C)c1. The van der Waals surface area contributed by atoms with Gasteiger partial charge in [0.2, 0.25) is 10.0 Å². The Labute approximate surface area is 132 Å². The summed E-state index contributed by atoms with van der Waals surface area (Å²) < 4.78 is 28.4. The van der Waals surface area contributed by atoms with E-state index in [9.17, 15) is 8.42 Å². The maximum absolute atomic E-state index is 12.7. The Hall–Kier alpha value is -1.65. The molecule has 1 N–H and O–H groups in total. The van der Waals surface area contributed by atoms with E-state index in [4.69, 9.17) is 0 Å². The van der Waals surface area contributed by atoms with E-state index in [0.29, 0.717) is 4.90 Å². The van der Waals surface area contributed by atoms with Crippen LogP contribution in [0, 0.1) is 13.8 Å². The van der Waals surface area contributed by atoms with Gasteiger partial charge in [0.25, 0.3) is 0 Å². The highest BCUT2D eigenvalue weighted by atomic mass is 32.2. The molecule has 2 aromatic rings. The molecule has 116 valence electrons. The fourth-order valence-electron chi connectivity index (χ4n) is 3.23. The number of hydrogen-bond donors (Lipinski definition) is 1. The van der Waals surface area contributed by atoms with Crippen LogP contribution >= 0.6 is 0 Å². The van der Waals surface area contributed by atoms with Gasteiger partial charge < -0.3 is 0 Å². The lowest BCUT2D eigenvalue weighted by Gasteiger charge is -2.26. The normalized spacial score (nSPS) is 18.0. The van der Waals surface area contributed by atoms with Gasteiger partial charge in [0, 0.05) is 6.04 Å². The van der Waals surface area contributed by atoms with Crippen LogP contribution in [-0.4, -0.2) is 8.42 Å². The van der Waals surface area contributed by atoms with Crippen LogP contribution < -0.4 is 4.72 Å². The topological polar surface area (TPSA) is 46.2 Å². The van der Waals surface area contributed by atoms with Crippen molar-refractivity contribution in [2.45, 2.75) is 44.0 Å². The van der Waals surface area contributed by atoms with Crippen LogP contribution in [0.25, 0.3) is 0 Å². The molecule has 1 aliphatic carbocycles. The van der Waals surface area contributed by atoms with Crippen LogP contribution in [0.3, 0.4) is 0 Å². The third kappa shape index (κ3) is 2.94. The second-order valence-electron chi connectivity index (χ2n) is 6.03. The van der Waals surface area contributed by atoms with Crippen LogP contribution in [0.1, 0.15) is 41.1 Å². The molecule has 0 radical (unpaired) electrons. The average molecular weight is 315 g/mol. The Kier molecular flexibility index (Phi) is 4.06. The number of nitrogens with one attached hydrogen (secondary N) is 1. The minimum atomic E-state index is -3.50. The fraction of sp³-hybridized carbons (Fsp3) is 0.333. The first-order valence-electron chi connectivity index (χ1n) is 7.65. The van der Waals surface area contributed by atoms with Gasteiger partial charge in [-0.3, -0.25) is 0 Å². The number of benzene rings is 2. The summed E-state index contributed by atoms with van der Waals surface area (Å²) >= 11 is 0. The molecule has 0 aromatic heterocycles. The van der Waals surface area contributed by atoms with E-state index in [1.165, 1.54) is 5.56 Å². The number of hydrogen-bond acceptors (Lipinski definition) is 2. The standard InChI is InChI=1S/C18H21NO2S/c1-13-10-11-18(14(2)12-13)22(20,21)19-17-9-5-7-15-6-3-4-8-16(15)17/h3-4,6,8,10-12,17,19H,5,7,9H2,1-2H3. The third-order valence-electron chi connectivity index (χ3n) is 4.29. The first kappa shape index (κ1) is 15.3. The molecule has 2 aromatic carbocycles. The van der Waals surface area contributed by atoms with E-state index < -0.39 is 10.0 Å². The molecule has 0 amide bonds. The first-order valence-corrected chi connectivity index (χ1v) is 9.13. The molecular formula is C18H21NO2S. The summed E-state index contributed by atoms with van der Waals surface area (Å²) in [6.45, 7) is 3.81. The van der Waals surface area contributed by atoms with Crippen molar-refractivity contribution in [3.8, 4) is 0 Å². The van der Waals surface area contributed by atoms with Crippen molar-refractivity contribution in [2.75, 3.05) is 0 Å². The van der Waals surface area contributed by atoms with E-state index in [1.807, 2.05) is 44.2 Å². The van der Waals surface area contributed by atoms with Crippen LogP contribution in [0.5, 0.6) is 0 Å². The largest absolute Gasteiger partial charge is 0.241 e. The van der Waals surface area contributed by atoms with Gasteiger partial charge >= 0.3 is 0 Å². The molecule has 0 heterocycles. The summed E-state index contributed by atoms with van der Waals surface area (Å²) in [5.74, 6) is 0. The number of rotatable bonds is 3. The average Bonchev–Trinajstić information content (AvgIpc) is 2.47. The molecule has 0 saturated heterocycles. The predicted molar refractivity (Wildman–Crippen MR) is 88.4 cm³/mol.